The topological polar surface area (TPSA) is 78.7 Å². The molecule has 1 aliphatic heterocycles. The molecule has 134 valence electrons. The summed E-state index contributed by atoms with van der Waals surface area (Å²) in [6, 6.07) is 5.78. The Labute approximate surface area is 152 Å². The Hall–Kier alpha value is -2.48. The van der Waals surface area contributed by atoms with Crippen molar-refractivity contribution in [1.29, 1.82) is 0 Å². The predicted molar refractivity (Wildman–Crippen MR) is 100.0 cm³/mol. The summed E-state index contributed by atoms with van der Waals surface area (Å²) < 4.78 is 0. The summed E-state index contributed by atoms with van der Waals surface area (Å²) in [5.74, 6) is -0.0964. The molecule has 0 aliphatic carbocycles. The van der Waals surface area contributed by atoms with Crippen LogP contribution in [0.1, 0.15) is 32.4 Å². The van der Waals surface area contributed by atoms with Gasteiger partial charge in [-0.1, -0.05) is 12.1 Å². The molecule has 0 spiro atoms. The number of nitro benzene ring substituents is 1. The molecule has 0 saturated carbocycles. The molecule has 0 fully saturated rings. The van der Waals surface area contributed by atoms with Gasteiger partial charge in [0.1, 0.15) is 0 Å². The lowest BCUT2D eigenvalue weighted by Gasteiger charge is -2.37. The zero-order chi connectivity index (χ0) is 18.7. The Morgan fingerprint density at radius 3 is 2.60 bits per heavy atom. The largest absolute Gasteiger partial charge is 0.351 e. The van der Waals surface area contributed by atoms with Crippen molar-refractivity contribution in [3.63, 3.8) is 0 Å². The van der Waals surface area contributed by atoms with Gasteiger partial charge in [0.2, 0.25) is 0 Å². The van der Waals surface area contributed by atoms with Crippen molar-refractivity contribution in [1.82, 2.24) is 15.1 Å². The minimum Gasteiger partial charge on any atom is -0.351 e. The molecule has 0 unspecified atom stereocenters. The summed E-state index contributed by atoms with van der Waals surface area (Å²) in [5, 5.41) is 14.7. The van der Waals surface area contributed by atoms with E-state index in [1.807, 2.05) is 20.8 Å². The molecule has 1 aliphatic rings. The van der Waals surface area contributed by atoms with Crippen LogP contribution in [0.4, 0.5) is 5.69 Å². The van der Waals surface area contributed by atoms with Crippen molar-refractivity contribution in [3.05, 3.63) is 51.2 Å². The molecule has 0 aromatic heterocycles. The summed E-state index contributed by atoms with van der Waals surface area (Å²) >= 11 is 5.35. The number of likely N-dealkylation sites (N-methyl/N-ethyl adjacent to an activating group) is 1. The highest BCUT2D eigenvalue weighted by atomic mass is 32.1. The van der Waals surface area contributed by atoms with E-state index in [9.17, 15) is 14.9 Å². The second kappa shape index (κ2) is 7.60. The van der Waals surface area contributed by atoms with Crippen LogP contribution in [0.5, 0.6) is 0 Å². The summed E-state index contributed by atoms with van der Waals surface area (Å²) in [6.45, 7) is 6.85. The molecular formula is C17H22N4O3S. The number of carbonyl (C=O) groups excluding carboxylic acids is 1. The van der Waals surface area contributed by atoms with Gasteiger partial charge in [0.15, 0.2) is 5.11 Å². The van der Waals surface area contributed by atoms with Gasteiger partial charge in [-0.3, -0.25) is 14.9 Å². The second-order valence-corrected chi connectivity index (χ2v) is 6.16. The highest BCUT2D eigenvalue weighted by Gasteiger charge is 2.34. The van der Waals surface area contributed by atoms with Crippen LogP contribution in [0.15, 0.2) is 35.5 Å². The maximum atomic E-state index is 13.0. The molecule has 2 rings (SSSR count). The molecule has 1 heterocycles. The van der Waals surface area contributed by atoms with E-state index in [-0.39, 0.29) is 11.6 Å². The lowest BCUT2D eigenvalue weighted by molar-refractivity contribution is -0.384. The number of rotatable bonds is 5. The molecular weight excluding hydrogens is 340 g/mol. The van der Waals surface area contributed by atoms with Gasteiger partial charge in [0.05, 0.1) is 16.5 Å². The van der Waals surface area contributed by atoms with Gasteiger partial charge >= 0.3 is 0 Å². The van der Waals surface area contributed by atoms with Crippen molar-refractivity contribution in [2.75, 3.05) is 20.1 Å². The maximum absolute atomic E-state index is 13.0. The second-order valence-electron chi connectivity index (χ2n) is 5.77. The number of thiocarbonyl (C=S) groups is 1. The van der Waals surface area contributed by atoms with Crippen LogP contribution in [0.2, 0.25) is 0 Å². The molecule has 25 heavy (non-hydrogen) atoms. The van der Waals surface area contributed by atoms with Crippen LogP contribution in [-0.2, 0) is 4.79 Å². The number of benzene rings is 1. The maximum Gasteiger partial charge on any atom is 0.269 e. The van der Waals surface area contributed by atoms with E-state index in [1.165, 1.54) is 12.1 Å². The number of nitro groups is 1. The van der Waals surface area contributed by atoms with E-state index in [0.717, 1.165) is 5.70 Å². The molecule has 0 saturated heterocycles. The Kier molecular flexibility index (Phi) is 5.73. The number of hydrogen-bond acceptors (Lipinski definition) is 4. The molecule has 7 nitrogen and oxygen atoms in total. The SMILES string of the molecule is CCN(CC)C(=O)C1=C(C)N(C)C(=S)N[C@H]1c1cccc([N+](=O)[O-])c1. The summed E-state index contributed by atoms with van der Waals surface area (Å²) in [7, 11) is 1.80. The normalized spacial score (nSPS) is 17.4. The third-order valence-corrected chi connectivity index (χ3v) is 4.84. The van der Waals surface area contributed by atoms with Gasteiger partial charge < -0.3 is 15.1 Å². The van der Waals surface area contributed by atoms with E-state index in [4.69, 9.17) is 12.2 Å². The molecule has 0 radical (unpaired) electrons. The molecule has 1 aromatic rings. The van der Waals surface area contributed by atoms with Gasteiger partial charge in [-0.2, -0.15) is 0 Å². The number of allylic oxidation sites excluding steroid dienone is 1. The van der Waals surface area contributed by atoms with Gasteiger partial charge in [0, 0.05) is 38.0 Å². The minimum atomic E-state index is -0.517. The van der Waals surface area contributed by atoms with Crippen LogP contribution in [0.25, 0.3) is 0 Å². The first-order valence-electron chi connectivity index (χ1n) is 8.10. The van der Waals surface area contributed by atoms with Crippen LogP contribution >= 0.6 is 12.2 Å². The zero-order valence-electron chi connectivity index (χ0n) is 14.8. The fraction of sp³-hybridized carbons (Fsp3) is 0.412. The minimum absolute atomic E-state index is 0.0172. The van der Waals surface area contributed by atoms with Crippen molar-refractivity contribution in [2.24, 2.45) is 0 Å². The summed E-state index contributed by atoms with van der Waals surface area (Å²) in [6.07, 6.45) is 0. The Balaban J connectivity index is 2.57. The Morgan fingerprint density at radius 2 is 2.04 bits per heavy atom. The van der Waals surface area contributed by atoms with Crippen molar-refractivity contribution >= 4 is 28.9 Å². The molecule has 1 atom stereocenters. The number of amides is 1. The third-order valence-electron chi connectivity index (χ3n) is 4.45. The lowest BCUT2D eigenvalue weighted by atomic mass is 9.93. The van der Waals surface area contributed by atoms with Crippen LogP contribution in [0.3, 0.4) is 0 Å². The Morgan fingerprint density at radius 1 is 1.40 bits per heavy atom. The van der Waals surface area contributed by atoms with E-state index in [1.54, 1.807) is 29.0 Å². The fourth-order valence-corrected chi connectivity index (χ4v) is 3.12. The first kappa shape index (κ1) is 18.9. The van der Waals surface area contributed by atoms with Crippen molar-refractivity contribution in [2.45, 2.75) is 26.8 Å². The molecule has 1 amide bonds. The average molecular weight is 362 g/mol. The van der Waals surface area contributed by atoms with E-state index >= 15 is 0 Å². The number of carbonyl (C=O) groups is 1. The standard InChI is InChI=1S/C17H22N4O3S/c1-5-20(6-2)16(22)14-11(3)19(4)17(25)18-15(14)12-8-7-9-13(10-12)21(23)24/h7-10,15H,5-6H2,1-4H3,(H,18,25)/t15-/m0/s1. The smallest absolute Gasteiger partial charge is 0.269 e. The third kappa shape index (κ3) is 3.63. The van der Waals surface area contributed by atoms with Crippen LogP contribution < -0.4 is 5.32 Å². The highest BCUT2D eigenvalue weighted by molar-refractivity contribution is 7.80. The average Bonchev–Trinajstić information content (AvgIpc) is 2.60. The molecule has 1 N–H and O–H groups in total. The molecule has 0 bridgehead atoms. The summed E-state index contributed by atoms with van der Waals surface area (Å²) in [4.78, 5) is 27.2. The monoisotopic (exact) mass is 362 g/mol. The summed E-state index contributed by atoms with van der Waals surface area (Å²) in [5.41, 5.74) is 1.92. The van der Waals surface area contributed by atoms with Gasteiger partial charge in [0.25, 0.3) is 11.6 Å². The number of nitrogens with zero attached hydrogens (tertiary/aromatic N) is 3. The predicted octanol–water partition coefficient (Wildman–Crippen LogP) is 2.60. The zero-order valence-corrected chi connectivity index (χ0v) is 15.6. The highest BCUT2D eigenvalue weighted by Crippen LogP contribution is 2.32. The van der Waals surface area contributed by atoms with Gasteiger partial charge in [-0.25, -0.2) is 0 Å². The van der Waals surface area contributed by atoms with Crippen molar-refractivity contribution < 1.29 is 9.72 Å². The van der Waals surface area contributed by atoms with Gasteiger partial charge in [-0.15, -0.1) is 0 Å². The molecule has 1 aromatic carbocycles. The quantitative estimate of drug-likeness (QED) is 0.493. The lowest BCUT2D eigenvalue weighted by Crippen LogP contribution is -2.48. The Bertz CT molecular complexity index is 743. The number of non-ortho nitro benzene ring substituents is 1. The first-order chi connectivity index (χ1) is 11.8. The number of nitrogens with one attached hydrogen (secondary N) is 1. The fourth-order valence-electron chi connectivity index (χ4n) is 2.86. The van der Waals surface area contributed by atoms with E-state index < -0.39 is 11.0 Å². The van der Waals surface area contributed by atoms with Gasteiger partial charge in [-0.05, 0) is 38.6 Å². The number of hydrogen-bond donors (Lipinski definition) is 1. The first-order valence-corrected chi connectivity index (χ1v) is 8.51. The van der Waals surface area contributed by atoms with Crippen LogP contribution in [-0.4, -0.2) is 45.9 Å². The van der Waals surface area contributed by atoms with Crippen LogP contribution in [0, 0.1) is 10.1 Å². The van der Waals surface area contributed by atoms with E-state index in [0.29, 0.717) is 29.3 Å². The van der Waals surface area contributed by atoms with Crippen molar-refractivity contribution in [3.8, 4) is 0 Å². The van der Waals surface area contributed by atoms with E-state index in [2.05, 4.69) is 5.32 Å². The molecule has 8 heteroatoms.